The molecule has 0 bridgehead atoms. The van der Waals surface area contributed by atoms with Gasteiger partial charge in [-0.25, -0.2) is 4.99 Å². The number of hydrogen-bond acceptors (Lipinski definition) is 5. The Morgan fingerprint density at radius 1 is 1.46 bits per heavy atom. The number of fused-ring (bicyclic) bond motifs is 1. The molecule has 1 atom stereocenters. The van der Waals surface area contributed by atoms with Gasteiger partial charge in [0, 0.05) is 18.6 Å². The molecule has 1 unspecified atom stereocenters. The number of hydrogen-bond donors (Lipinski definition) is 3. The molecule has 3 N–H and O–H groups in total. The molecule has 0 saturated carbocycles. The first-order valence-corrected chi connectivity index (χ1v) is 9.20. The highest BCUT2D eigenvalue weighted by Crippen LogP contribution is 2.17. The van der Waals surface area contributed by atoms with E-state index in [0.717, 1.165) is 0 Å². The molecule has 0 radical (unpaired) electrons. The van der Waals surface area contributed by atoms with Gasteiger partial charge in [-0.15, -0.1) is 5.01 Å². The summed E-state index contributed by atoms with van der Waals surface area (Å²) < 4.78 is 5.57. The molecular formula is C18H22ClN6O3+. The van der Waals surface area contributed by atoms with Crippen molar-refractivity contribution in [2.24, 2.45) is 10.1 Å². The molecule has 2 aliphatic rings. The molecule has 9 nitrogen and oxygen atoms in total. The molecule has 3 rings (SSSR count). The second kappa shape index (κ2) is 8.85. The maximum absolute atomic E-state index is 12.6. The van der Waals surface area contributed by atoms with E-state index in [2.05, 4.69) is 20.7 Å². The molecule has 0 saturated heterocycles. The van der Waals surface area contributed by atoms with Crippen LogP contribution < -0.4 is 20.4 Å². The van der Waals surface area contributed by atoms with Gasteiger partial charge >= 0.3 is 11.9 Å². The van der Waals surface area contributed by atoms with Gasteiger partial charge in [0.1, 0.15) is 12.3 Å². The van der Waals surface area contributed by atoms with E-state index in [9.17, 15) is 9.59 Å². The Morgan fingerprint density at radius 3 is 3.04 bits per heavy atom. The lowest BCUT2D eigenvalue weighted by Gasteiger charge is -2.21. The summed E-state index contributed by atoms with van der Waals surface area (Å²) in [4.78, 5) is 30.1. The van der Waals surface area contributed by atoms with E-state index in [1.165, 1.54) is 11.2 Å². The summed E-state index contributed by atoms with van der Waals surface area (Å²) >= 11 is 5.89. The Morgan fingerprint density at radius 2 is 2.29 bits per heavy atom. The summed E-state index contributed by atoms with van der Waals surface area (Å²) in [5.74, 6) is 0.707. The minimum atomic E-state index is -0.270. The third kappa shape index (κ3) is 4.49. The highest BCUT2D eigenvalue weighted by atomic mass is 35.5. The van der Waals surface area contributed by atoms with Crippen LogP contribution in [0.2, 0.25) is 5.02 Å². The molecule has 148 valence electrons. The van der Waals surface area contributed by atoms with Crippen molar-refractivity contribution < 1.29 is 19.3 Å². The largest absolute Gasteiger partial charge is 0.493 e. The Kier molecular flexibility index (Phi) is 6.27. The molecule has 2 aliphatic heterocycles. The third-order valence-electron chi connectivity index (χ3n) is 4.19. The van der Waals surface area contributed by atoms with Crippen molar-refractivity contribution in [1.82, 2.24) is 15.5 Å². The van der Waals surface area contributed by atoms with Crippen LogP contribution in [-0.4, -0.2) is 55.8 Å². The number of nitrogens with zero attached hydrogens (tertiary/aromatic N) is 3. The molecule has 2 amide bonds. The number of amides is 2. The van der Waals surface area contributed by atoms with Gasteiger partial charge in [-0.3, -0.25) is 19.8 Å². The number of nitrogens with one attached hydrogen (secondary N) is 3. The highest BCUT2D eigenvalue weighted by Gasteiger charge is 2.43. The predicted octanol–water partition coefficient (Wildman–Crippen LogP) is -0.284. The number of rotatable bonds is 7. The fraction of sp³-hybridized carbons (Fsp3) is 0.333. The van der Waals surface area contributed by atoms with Gasteiger partial charge in [0.2, 0.25) is 5.91 Å². The van der Waals surface area contributed by atoms with Crippen molar-refractivity contribution in [1.29, 1.82) is 0 Å². The molecule has 1 aromatic rings. The molecule has 1 aromatic carbocycles. The van der Waals surface area contributed by atoms with Crippen LogP contribution in [0.1, 0.15) is 13.3 Å². The maximum atomic E-state index is 12.6. The van der Waals surface area contributed by atoms with Crippen LogP contribution >= 0.6 is 11.6 Å². The quantitative estimate of drug-likeness (QED) is 0.543. The normalized spacial score (nSPS) is 19.7. The van der Waals surface area contributed by atoms with Crippen molar-refractivity contribution in [2.75, 3.05) is 26.7 Å². The molecule has 0 spiro atoms. The standard InChI is InChI=1S/C18H21ClN6O3/c1-12-16-17(27)24(11-22-25(16)18(20-2)23-12)10-15(26)21-7-4-8-28-14-6-3-5-13(19)9-14/h3,5-6,9,11H,4,7-8,10H2,1-2H3,(H,20,23)(H,21,26)/p+1. The summed E-state index contributed by atoms with van der Waals surface area (Å²) in [6.07, 6.45) is 2.00. The zero-order chi connectivity index (χ0) is 20.1. The van der Waals surface area contributed by atoms with Crippen molar-refractivity contribution >= 4 is 35.7 Å². The van der Waals surface area contributed by atoms with E-state index in [-0.39, 0.29) is 18.4 Å². The van der Waals surface area contributed by atoms with Gasteiger partial charge in [-0.1, -0.05) is 22.8 Å². The van der Waals surface area contributed by atoms with Crippen LogP contribution in [0, 0.1) is 0 Å². The number of halogens is 1. The molecule has 0 aromatic heterocycles. The second-order valence-corrected chi connectivity index (χ2v) is 6.67. The average molecular weight is 406 g/mol. The lowest BCUT2D eigenvalue weighted by Crippen LogP contribution is -3.10. The lowest BCUT2D eigenvalue weighted by molar-refractivity contribution is -0.764. The van der Waals surface area contributed by atoms with E-state index in [4.69, 9.17) is 16.3 Å². The van der Waals surface area contributed by atoms with Crippen molar-refractivity contribution in [3.05, 3.63) is 40.7 Å². The first kappa shape index (κ1) is 19.8. The summed E-state index contributed by atoms with van der Waals surface area (Å²) in [6.45, 7) is 2.57. The SMILES string of the molecule is CN=C1NC(C)=C2C(=O)N(CC(=O)NCCCOc3cccc(Cl)c3)C=N[NH+]12. The van der Waals surface area contributed by atoms with Crippen LogP contribution in [0.25, 0.3) is 0 Å². The zero-order valence-electron chi connectivity index (χ0n) is 15.7. The average Bonchev–Trinajstić information content (AvgIpc) is 3.00. The summed E-state index contributed by atoms with van der Waals surface area (Å²) in [7, 11) is 1.63. The van der Waals surface area contributed by atoms with Crippen LogP contribution in [-0.2, 0) is 9.59 Å². The van der Waals surface area contributed by atoms with E-state index < -0.39 is 0 Å². The summed E-state index contributed by atoms with van der Waals surface area (Å²) in [6, 6.07) is 7.14. The van der Waals surface area contributed by atoms with Gasteiger partial charge in [0.05, 0.1) is 12.3 Å². The van der Waals surface area contributed by atoms with E-state index >= 15 is 0 Å². The number of guanidine groups is 1. The fourth-order valence-corrected chi connectivity index (χ4v) is 3.02. The van der Waals surface area contributed by atoms with Crippen LogP contribution in [0.5, 0.6) is 5.75 Å². The monoisotopic (exact) mass is 405 g/mol. The van der Waals surface area contributed by atoms with Crippen LogP contribution in [0.4, 0.5) is 0 Å². The third-order valence-corrected chi connectivity index (χ3v) is 4.42. The Bertz CT molecular complexity index is 867. The molecule has 10 heteroatoms. The molecule has 2 heterocycles. The number of carbonyl (C=O) groups is 2. The Hall–Kier alpha value is -2.91. The van der Waals surface area contributed by atoms with Crippen LogP contribution in [0.15, 0.2) is 45.8 Å². The number of aliphatic imine (C=N–C) groups is 1. The van der Waals surface area contributed by atoms with Gasteiger partial charge in [0.25, 0.3) is 5.70 Å². The summed E-state index contributed by atoms with van der Waals surface area (Å²) in [5, 5.41) is 11.2. The summed E-state index contributed by atoms with van der Waals surface area (Å²) in [5.41, 5.74) is 1.13. The topological polar surface area (TPSA) is 99.8 Å². The highest BCUT2D eigenvalue weighted by molar-refractivity contribution is 6.30. The van der Waals surface area contributed by atoms with Gasteiger partial charge < -0.3 is 10.1 Å². The Balaban J connectivity index is 1.43. The van der Waals surface area contributed by atoms with E-state index in [0.29, 0.717) is 52.7 Å². The number of ether oxygens (including phenoxy) is 1. The first-order chi connectivity index (χ1) is 13.5. The van der Waals surface area contributed by atoms with E-state index in [1.807, 2.05) is 12.1 Å². The molecule has 0 fully saturated rings. The molecule has 0 aliphatic carbocycles. The minimum Gasteiger partial charge on any atom is -0.493 e. The lowest BCUT2D eigenvalue weighted by atomic mass is 10.3. The van der Waals surface area contributed by atoms with Crippen molar-refractivity contribution in [2.45, 2.75) is 13.3 Å². The van der Waals surface area contributed by atoms with Crippen LogP contribution in [0.3, 0.4) is 0 Å². The zero-order valence-corrected chi connectivity index (χ0v) is 16.4. The number of allylic oxidation sites excluding steroid dienone is 1. The number of carbonyl (C=O) groups excluding carboxylic acids is 2. The van der Waals surface area contributed by atoms with E-state index in [1.54, 1.807) is 26.1 Å². The fourth-order valence-electron chi connectivity index (χ4n) is 2.84. The first-order valence-electron chi connectivity index (χ1n) is 8.82. The number of quaternary nitrogens is 1. The number of benzene rings is 1. The molecule has 28 heavy (non-hydrogen) atoms. The van der Waals surface area contributed by atoms with Gasteiger partial charge in [-0.2, -0.15) is 0 Å². The maximum Gasteiger partial charge on any atom is 0.332 e. The smallest absolute Gasteiger partial charge is 0.332 e. The minimum absolute atomic E-state index is 0.0971. The predicted molar refractivity (Wildman–Crippen MR) is 105 cm³/mol. The van der Waals surface area contributed by atoms with Gasteiger partial charge in [0.15, 0.2) is 6.34 Å². The van der Waals surface area contributed by atoms with Gasteiger partial charge in [-0.05, 0) is 31.5 Å². The Labute approximate surface area is 167 Å². The second-order valence-electron chi connectivity index (χ2n) is 6.23. The van der Waals surface area contributed by atoms with Crippen molar-refractivity contribution in [3.63, 3.8) is 0 Å². The van der Waals surface area contributed by atoms with Crippen molar-refractivity contribution in [3.8, 4) is 5.75 Å². The molecular weight excluding hydrogens is 384 g/mol.